The minimum Gasteiger partial charge on any atom is -1.00 e. The summed E-state index contributed by atoms with van der Waals surface area (Å²) in [7, 11) is 11.6. The summed E-state index contributed by atoms with van der Waals surface area (Å²) in [5.41, 5.74) is 1.51. The molecule has 1 unspecified atom stereocenters. The zero-order valence-corrected chi connectivity index (χ0v) is 29.8. The van der Waals surface area contributed by atoms with Crippen LogP contribution < -0.4 is 12.4 Å². The predicted molar refractivity (Wildman–Crippen MR) is 180 cm³/mol. The second-order valence-electron chi connectivity index (χ2n) is 13.4. The first-order chi connectivity index (χ1) is 19.4. The summed E-state index contributed by atoms with van der Waals surface area (Å²) in [5.74, 6) is 0. The maximum atomic E-state index is 8.25. The monoisotopic (exact) mass is 616 g/mol. The molecule has 0 saturated carbocycles. The SMILES string of the molecule is CCCCCCCCCC(c1ccccc1)[N+](C)(C)CC.CCCCCCCCCCCC[N+](C)(C)C.O=[N+]([O-])[O-].[Cl-]. The van der Waals surface area contributed by atoms with Crippen molar-refractivity contribution in [1.29, 1.82) is 0 Å². The van der Waals surface area contributed by atoms with Crippen molar-refractivity contribution in [1.82, 2.24) is 0 Å². The van der Waals surface area contributed by atoms with Gasteiger partial charge in [-0.2, -0.15) is 0 Å². The normalized spacial score (nSPS) is 11.8. The van der Waals surface area contributed by atoms with Crippen LogP contribution in [0.5, 0.6) is 0 Å². The zero-order valence-electron chi connectivity index (χ0n) is 29.1. The summed E-state index contributed by atoms with van der Waals surface area (Å²) in [4.78, 5) is 8.25. The van der Waals surface area contributed by atoms with Gasteiger partial charge in [0.05, 0.1) is 53.4 Å². The lowest BCUT2D eigenvalue weighted by molar-refractivity contribution is -0.920. The largest absolute Gasteiger partial charge is 1.00 e. The molecule has 0 amide bonds. The number of quaternary nitrogens is 2. The standard InChI is InChI=1S/C20H36N.C15H34N.ClH.NO3/c1-5-7-8-9-10-11-15-18-20(21(3,4)6-2)19-16-13-12-14-17-19;1-5-6-7-8-9-10-11-12-13-14-15-16(2,3)4;;2-1(3)4/h12-14,16-17,20H,5-11,15,18H2,1-4H3;5-15H2,1-4H3;1H;/q2*+1;;-1/p-1. The van der Waals surface area contributed by atoms with Crippen molar-refractivity contribution in [3.63, 3.8) is 0 Å². The van der Waals surface area contributed by atoms with E-state index in [-0.39, 0.29) is 12.4 Å². The van der Waals surface area contributed by atoms with Crippen LogP contribution in [0.1, 0.15) is 148 Å². The Balaban J connectivity index is -0.000000646. The van der Waals surface area contributed by atoms with Crippen LogP contribution in [0.25, 0.3) is 0 Å². The molecule has 0 aliphatic rings. The van der Waals surface area contributed by atoms with E-state index in [0.717, 1.165) is 8.97 Å². The second kappa shape index (κ2) is 29.7. The van der Waals surface area contributed by atoms with E-state index in [1.165, 1.54) is 134 Å². The number of nitrogens with zero attached hydrogens (tertiary/aromatic N) is 3. The molecule has 0 bridgehead atoms. The van der Waals surface area contributed by atoms with Crippen molar-refractivity contribution in [2.75, 3.05) is 48.3 Å². The molecule has 0 fully saturated rings. The molecule has 6 nitrogen and oxygen atoms in total. The van der Waals surface area contributed by atoms with Crippen LogP contribution in [0.3, 0.4) is 0 Å². The molecule has 42 heavy (non-hydrogen) atoms. The van der Waals surface area contributed by atoms with E-state index in [0.29, 0.717) is 6.04 Å². The first kappa shape index (κ1) is 45.1. The molecule has 0 radical (unpaired) electrons. The van der Waals surface area contributed by atoms with E-state index in [4.69, 9.17) is 15.3 Å². The first-order valence-electron chi connectivity index (χ1n) is 16.9. The van der Waals surface area contributed by atoms with Crippen molar-refractivity contribution in [2.45, 2.75) is 142 Å². The molecule has 0 aliphatic carbocycles. The molecule has 0 saturated heterocycles. The van der Waals surface area contributed by atoms with Crippen LogP contribution in [0, 0.1) is 15.3 Å². The van der Waals surface area contributed by atoms with Crippen LogP contribution in [0.4, 0.5) is 0 Å². The maximum absolute atomic E-state index is 8.25. The number of hydrogen-bond donors (Lipinski definition) is 0. The Hall–Kier alpha value is -1.37. The van der Waals surface area contributed by atoms with Crippen LogP contribution >= 0.6 is 0 Å². The number of hydrogen-bond acceptors (Lipinski definition) is 3. The topological polar surface area (TPSA) is 66.2 Å². The molecule has 0 N–H and O–H groups in total. The molecule has 7 heteroatoms. The molecule has 1 atom stereocenters. The third-order valence-corrected chi connectivity index (χ3v) is 8.11. The van der Waals surface area contributed by atoms with E-state index in [2.05, 4.69) is 86.3 Å². The quantitative estimate of drug-likeness (QED) is 0.0593. The maximum Gasteiger partial charge on any atom is 0.114 e. The fourth-order valence-electron chi connectivity index (χ4n) is 5.18. The summed E-state index contributed by atoms with van der Waals surface area (Å²) in [6.07, 6.45) is 25.5. The van der Waals surface area contributed by atoms with Gasteiger partial charge >= 0.3 is 0 Å². The van der Waals surface area contributed by atoms with Gasteiger partial charge in [-0.1, -0.05) is 134 Å². The highest BCUT2D eigenvalue weighted by atomic mass is 35.5. The Labute approximate surface area is 268 Å². The van der Waals surface area contributed by atoms with Crippen molar-refractivity contribution >= 4 is 0 Å². The van der Waals surface area contributed by atoms with E-state index in [9.17, 15) is 0 Å². The zero-order chi connectivity index (χ0) is 31.4. The van der Waals surface area contributed by atoms with Gasteiger partial charge in [-0.15, -0.1) is 0 Å². The van der Waals surface area contributed by atoms with Gasteiger partial charge in [0, 0.05) is 12.0 Å². The second-order valence-corrected chi connectivity index (χ2v) is 13.4. The van der Waals surface area contributed by atoms with Crippen molar-refractivity contribution in [3.8, 4) is 0 Å². The van der Waals surface area contributed by atoms with Gasteiger partial charge in [-0.25, -0.2) is 0 Å². The minimum absolute atomic E-state index is 0. The van der Waals surface area contributed by atoms with Gasteiger partial charge in [0.15, 0.2) is 0 Å². The number of benzene rings is 1. The summed E-state index contributed by atoms with van der Waals surface area (Å²) in [5, 5.41) is 14.8. The van der Waals surface area contributed by atoms with E-state index >= 15 is 0 Å². The molecule has 0 spiro atoms. The van der Waals surface area contributed by atoms with Crippen molar-refractivity contribution in [2.24, 2.45) is 0 Å². The lowest BCUT2D eigenvalue weighted by atomic mass is 9.97. The molecule has 250 valence electrons. The highest BCUT2D eigenvalue weighted by Crippen LogP contribution is 2.30. The van der Waals surface area contributed by atoms with E-state index in [1.54, 1.807) is 0 Å². The highest BCUT2D eigenvalue weighted by molar-refractivity contribution is 5.17. The third kappa shape index (κ3) is 31.6. The minimum atomic E-state index is -1.75. The molecule has 0 aromatic heterocycles. The van der Waals surface area contributed by atoms with Crippen molar-refractivity contribution in [3.05, 3.63) is 51.2 Å². The number of unbranched alkanes of at least 4 members (excludes halogenated alkanes) is 15. The molecule has 1 rings (SSSR count). The number of halogens is 1. The van der Waals surface area contributed by atoms with Crippen molar-refractivity contribution < 1.29 is 26.5 Å². The molecule has 0 heterocycles. The number of rotatable bonds is 22. The predicted octanol–water partition coefficient (Wildman–Crippen LogP) is 7.34. The van der Waals surface area contributed by atoms with Gasteiger partial charge in [0.2, 0.25) is 0 Å². The van der Waals surface area contributed by atoms with Gasteiger partial charge < -0.3 is 36.7 Å². The Morgan fingerprint density at radius 2 is 0.976 bits per heavy atom. The Morgan fingerprint density at radius 1 is 0.619 bits per heavy atom. The average Bonchev–Trinajstić information content (AvgIpc) is 2.91. The smallest absolute Gasteiger partial charge is 0.114 e. The molecule has 1 aromatic carbocycles. The van der Waals surface area contributed by atoms with Crippen LogP contribution in [-0.4, -0.2) is 62.4 Å². The van der Waals surface area contributed by atoms with Gasteiger partial charge in [0.1, 0.15) is 6.04 Å². The summed E-state index contributed by atoms with van der Waals surface area (Å²) < 4.78 is 2.22. The molecule has 0 aliphatic heterocycles. The van der Waals surface area contributed by atoms with Crippen LogP contribution in [-0.2, 0) is 0 Å². The third-order valence-electron chi connectivity index (χ3n) is 8.11. The Kier molecular flexibility index (Phi) is 31.9. The van der Waals surface area contributed by atoms with Crippen LogP contribution in [0.15, 0.2) is 30.3 Å². The Morgan fingerprint density at radius 3 is 1.33 bits per heavy atom. The lowest BCUT2D eigenvalue weighted by Gasteiger charge is -2.37. The summed E-state index contributed by atoms with van der Waals surface area (Å²) in [6.45, 7) is 9.40. The average molecular weight is 616 g/mol. The van der Waals surface area contributed by atoms with Gasteiger partial charge in [-0.3, -0.25) is 0 Å². The fraction of sp³-hybridized carbons (Fsp3) is 0.829. The fourth-order valence-corrected chi connectivity index (χ4v) is 5.18. The Bertz CT molecular complexity index is 692. The highest BCUT2D eigenvalue weighted by Gasteiger charge is 2.27. The summed E-state index contributed by atoms with van der Waals surface area (Å²) >= 11 is 0. The first-order valence-corrected chi connectivity index (χ1v) is 16.9. The summed E-state index contributed by atoms with van der Waals surface area (Å²) in [6, 6.07) is 11.8. The molecule has 1 aromatic rings. The van der Waals surface area contributed by atoms with Crippen LogP contribution in [0.2, 0.25) is 0 Å². The van der Waals surface area contributed by atoms with Gasteiger partial charge in [-0.05, 0) is 26.2 Å². The van der Waals surface area contributed by atoms with Gasteiger partial charge in [0.25, 0.3) is 0 Å². The van der Waals surface area contributed by atoms with E-state index < -0.39 is 5.09 Å². The molecular formula is C35H70ClN3O3. The van der Waals surface area contributed by atoms with E-state index in [1.807, 2.05) is 0 Å². The molecular weight excluding hydrogens is 546 g/mol. The lowest BCUT2D eigenvalue weighted by Crippen LogP contribution is -3.00.